The summed E-state index contributed by atoms with van der Waals surface area (Å²) in [6, 6.07) is 15.6. The highest BCUT2D eigenvalue weighted by molar-refractivity contribution is 9.10. The molecule has 0 aliphatic rings. The number of aromatic nitrogens is 2. The van der Waals surface area contributed by atoms with Crippen LogP contribution in [0.1, 0.15) is 15.9 Å². The predicted octanol–water partition coefficient (Wildman–Crippen LogP) is 4.70. The molecular weight excluding hydrogens is 450 g/mol. The lowest BCUT2D eigenvalue weighted by Gasteiger charge is -2.07. The molecule has 0 spiro atoms. The van der Waals surface area contributed by atoms with Crippen molar-refractivity contribution >= 4 is 45.1 Å². The number of nitriles is 1. The number of nitrogens with zero attached hydrogens (tertiary/aromatic N) is 2. The molecule has 0 atom stereocenters. The van der Waals surface area contributed by atoms with Gasteiger partial charge in [-0.15, -0.1) is 0 Å². The van der Waals surface area contributed by atoms with E-state index in [1.54, 1.807) is 48.5 Å². The average Bonchev–Trinajstić information content (AvgIpc) is 2.67. The Bertz CT molecular complexity index is 1090. The van der Waals surface area contributed by atoms with E-state index in [1.165, 1.54) is 0 Å². The lowest BCUT2D eigenvalue weighted by atomic mass is 10.1. The standard InChI is InChI=1S/C19H11BrClN3O2S/c20-13-5-1-12(2-6-13)17-15(9-22)18(26)24-19(23-17)27-10-16(25)11-3-7-14(21)8-4-11/h1-8H,10H2,(H,23,24,26). The summed E-state index contributed by atoms with van der Waals surface area (Å²) in [6.45, 7) is 0. The van der Waals surface area contributed by atoms with Crippen LogP contribution in [0.25, 0.3) is 11.3 Å². The first kappa shape index (κ1) is 19.4. The highest BCUT2D eigenvalue weighted by Gasteiger charge is 2.15. The number of halogens is 2. The topological polar surface area (TPSA) is 86.6 Å². The zero-order valence-corrected chi connectivity index (χ0v) is 16.9. The lowest BCUT2D eigenvalue weighted by molar-refractivity contribution is 0.102. The molecule has 0 bridgehead atoms. The maximum atomic E-state index is 12.3. The Morgan fingerprint density at radius 2 is 1.85 bits per heavy atom. The van der Waals surface area contributed by atoms with Crippen molar-refractivity contribution in [3.8, 4) is 17.3 Å². The van der Waals surface area contributed by atoms with Crippen LogP contribution < -0.4 is 5.56 Å². The van der Waals surface area contributed by atoms with Gasteiger partial charge in [0.15, 0.2) is 10.9 Å². The molecule has 8 heteroatoms. The lowest BCUT2D eigenvalue weighted by Crippen LogP contribution is -2.15. The number of nitrogens with one attached hydrogen (secondary N) is 1. The van der Waals surface area contributed by atoms with Crippen LogP contribution in [0, 0.1) is 11.3 Å². The number of carbonyl (C=O) groups excluding carboxylic acids is 1. The first-order valence-electron chi connectivity index (χ1n) is 7.70. The molecule has 1 aromatic heterocycles. The average molecular weight is 461 g/mol. The summed E-state index contributed by atoms with van der Waals surface area (Å²) >= 11 is 10.3. The van der Waals surface area contributed by atoms with Crippen LogP contribution in [0.15, 0.2) is 63.0 Å². The van der Waals surface area contributed by atoms with Crippen LogP contribution >= 0.6 is 39.3 Å². The molecule has 3 rings (SSSR count). The van der Waals surface area contributed by atoms with Gasteiger partial charge in [-0.05, 0) is 36.4 Å². The molecule has 134 valence electrons. The second-order valence-electron chi connectivity index (χ2n) is 5.43. The molecule has 1 heterocycles. The third kappa shape index (κ3) is 4.66. The highest BCUT2D eigenvalue weighted by Crippen LogP contribution is 2.24. The molecule has 0 saturated carbocycles. The van der Waals surface area contributed by atoms with Crippen LogP contribution in [0.5, 0.6) is 0 Å². The summed E-state index contributed by atoms with van der Waals surface area (Å²) in [7, 11) is 0. The van der Waals surface area contributed by atoms with Crippen LogP contribution in [0.4, 0.5) is 0 Å². The van der Waals surface area contributed by atoms with Gasteiger partial charge in [-0.3, -0.25) is 9.59 Å². The highest BCUT2D eigenvalue weighted by atomic mass is 79.9. The number of ketones is 1. The van der Waals surface area contributed by atoms with Crippen LogP contribution in [-0.4, -0.2) is 21.5 Å². The minimum atomic E-state index is -0.535. The third-order valence-corrected chi connectivity index (χ3v) is 5.29. The fourth-order valence-electron chi connectivity index (χ4n) is 2.29. The number of benzene rings is 2. The number of rotatable bonds is 5. The fraction of sp³-hybridized carbons (Fsp3) is 0.0526. The Kier molecular flexibility index (Phi) is 6.11. The van der Waals surface area contributed by atoms with E-state index in [0.717, 1.165) is 16.2 Å². The molecule has 0 fully saturated rings. The molecule has 0 radical (unpaired) electrons. The second kappa shape index (κ2) is 8.53. The van der Waals surface area contributed by atoms with Gasteiger partial charge >= 0.3 is 0 Å². The van der Waals surface area contributed by atoms with Crippen LogP contribution in [0.3, 0.4) is 0 Å². The Morgan fingerprint density at radius 3 is 2.48 bits per heavy atom. The zero-order valence-electron chi connectivity index (χ0n) is 13.7. The third-order valence-electron chi connectivity index (χ3n) is 3.63. The van der Waals surface area contributed by atoms with Crippen molar-refractivity contribution in [1.82, 2.24) is 9.97 Å². The van der Waals surface area contributed by atoms with Crippen molar-refractivity contribution in [3.63, 3.8) is 0 Å². The van der Waals surface area contributed by atoms with E-state index in [9.17, 15) is 14.9 Å². The van der Waals surface area contributed by atoms with Crippen molar-refractivity contribution in [2.24, 2.45) is 0 Å². The normalized spacial score (nSPS) is 10.4. The second-order valence-corrected chi connectivity index (χ2v) is 7.75. The van der Waals surface area contributed by atoms with E-state index in [1.807, 2.05) is 6.07 Å². The Balaban J connectivity index is 1.87. The maximum Gasteiger partial charge on any atom is 0.270 e. The number of hydrogen-bond donors (Lipinski definition) is 1. The van der Waals surface area contributed by atoms with Crippen LogP contribution in [-0.2, 0) is 0 Å². The van der Waals surface area contributed by atoms with Crippen molar-refractivity contribution in [3.05, 3.63) is 79.5 Å². The molecule has 0 unspecified atom stereocenters. The summed E-state index contributed by atoms with van der Waals surface area (Å²) in [5, 5.41) is 10.1. The number of H-pyrrole nitrogens is 1. The van der Waals surface area contributed by atoms with Crippen molar-refractivity contribution in [2.45, 2.75) is 5.16 Å². The molecule has 0 amide bonds. The number of hydrogen-bond acceptors (Lipinski definition) is 5. The summed E-state index contributed by atoms with van der Waals surface area (Å²) in [6.07, 6.45) is 0. The molecule has 0 aliphatic carbocycles. The maximum absolute atomic E-state index is 12.3. The molecule has 3 aromatic rings. The Hall–Kier alpha value is -2.40. The number of Topliss-reactive ketones (excluding diaryl/α,β-unsaturated/α-hetero) is 1. The monoisotopic (exact) mass is 459 g/mol. The van der Waals surface area contributed by atoms with E-state index in [2.05, 4.69) is 25.9 Å². The van der Waals surface area contributed by atoms with E-state index in [4.69, 9.17) is 11.6 Å². The van der Waals surface area contributed by atoms with E-state index in [-0.39, 0.29) is 27.9 Å². The van der Waals surface area contributed by atoms with Gasteiger partial charge in [-0.1, -0.05) is 51.4 Å². The zero-order chi connectivity index (χ0) is 19.4. The van der Waals surface area contributed by atoms with Gasteiger partial charge in [0.05, 0.1) is 11.4 Å². The van der Waals surface area contributed by atoms with Crippen LogP contribution in [0.2, 0.25) is 5.02 Å². The molecule has 1 N–H and O–H groups in total. The Morgan fingerprint density at radius 1 is 1.19 bits per heavy atom. The first-order valence-corrected chi connectivity index (χ1v) is 9.85. The SMILES string of the molecule is N#Cc1c(-c2ccc(Br)cc2)nc(SCC(=O)c2ccc(Cl)cc2)[nH]c1=O. The van der Waals surface area contributed by atoms with Gasteiger partial charge in [0.25, 0.3) is 5.56 Å². The van der Waals surface area contributed by atoms with Gasteiger partial charge in [0, 0.05) is 20.6 Å². The smallest absolute Gasteiger partial charge is 0.270 e. The summed E-state index contributed by atoms with van der Waals surface area (Å²) in [4.78, 5) is 31.5. The molecule has 27 heavy (non-hydrogen) atoms. The molecule has 5 nitrogen and oxygen atoms in total. The van der Waals surface area contributed by atoms with E-state index in [0.29, 0.717) is 16.1 Å². The fourth-order valence-corrected chi connectivity index (χ4v) is 3.44. The minimum Gasteiger partial charge on any atom is -0.300 e. The van der Waals surface area contributed by atoms with Gasteiger partial charge < -0.3 is 4.98 Å². The summed E-state index contributed by atoms with van der Waals surface area (Å²) in [5.74, 6) is -0.0233. The summed E-state index contributed by atoms with van der Waals surface area (Å²) < 4.78 is 0.873. The van der Waals surface area contributed by atoms with Gasteiger partial charge in [-0.25, -0.2) is 4.98 Å². The van der Waals surface area contributed by atoms with Crippen molar-refractivity contribution in [2.75, 3.05) is 5.75 Å². The number of thioether (sulfide) groups is 1. The molecule has 0 saturated heterocycles. The molecule has 0 aliphatic heterocycles. The summed E-state index contributed by atoms with van der Waals surface area (Å²) in [5.41, 5.74) is 0.857. The van der Waals surface area contributed by atoms with E-state index >= 15 is 0 Å². The quantitative estimate of drug-likeness (QED) is 0.339. The van der Waals surface area contributed by atoms with Crippen molar-refractivity contribution < 1.29 is 4.79 Å². The van der Waals surface area contributed by atoms with Gasteiger partial charge in [-0.2, -0.15) is 5.26 Å². The van der Waals surface area contributed by atoms with Crippen molar-refractivity contribution in [1.29, 1.82) is 5.26 Å². The minimum absolute atomic E-state index is 0.0642. The number of carbonyl (C=O) groups is 1. The first-order chi connectivity index (χ1) is 13.0. The van der Waals surface area contributed by atoms with E-state index < -0.39 is 5.56 Å². The van der Waals surface area contributed by atoms with Gasteiger partial charge in [0.1, 0.15) is 11.6 Å². The van der Waals surface area contributed by atoms with Gasteiger partial charge in [0.2, 0.25) is 0 Å². The molecular formula is C19H11BrClN3O2S. The predicted molar refractivity (Wildman–Crippen MR) is 109 cm³/mol. The Labute approximate surface area is 172 Å². The number of aromatic amines is 1. The molecule has 2 aromatic carbocycles. The largest absolute Gasteiger partial charge is 0.300 e.